The van der Waals surface area contributed by atoms with Crippen LogP contribution in [0.1, 0.15) is 69.1 Å². The first-order valence-electron chi connectivity index (χ1n) is 14.7. The van der Waals surface area contributed by atoms with Crippen LogP contribution in [0.15, 0.2) is 36.5 Å². The molecule has 0 radical (unpaired) electrons. The summed E-state index contributed by atoms with van der Waals surface area (Å²) in [6.45, 7) is 11.3. The quantitative estimate of drug-likeness (QED) is 0.360. The number of carbonyl (C=O) groups is 2. The van der Waals surface area contributed by atoms with Crippen molar-refractivity contribution in [1.29, 1.82) is 0 Å². The molecule has 4 aromatic rings. The average Bonchev–Trinajstić information content (AvgIpc) is 3.69. The van der Waals surface area contributed by atoms with E-state index in [1.807, 2.05) is 43.2 Å². The van der Waals surface area contributed by atoms with Gasteiger partial charge in [-0.15, -0.1) is 0 Å². The number of alkyl carbamates (subject to hydrolysis) is 1. The molecule has 0 spiro atoms. The predicted molar refractivity (Wildman–Crippen MR) is 157 cm³/mol. The first-order valence-corrected chi connectivity index (χ1v) is 14.7. The van der Waals surface area contributed by atoms with Gasteiger partial charge in [0.2, 0.25) is 0 Å². The van der Waals surface area contributed by atoms with Gasteiger partial charge in [0.25, 0.3) is 5.91 Å². The summed E-state index contributed by atoms with van der Waals surface area (Å²) in [4.78, 5) is 33.1. The van der Waals surface area contributed by atoms with Crippen LogP contribution in [0.4, 0.5) is 10.5 Å². The van der Waals surface area contributed by atoms with Crippen LogP contribution in [0.5, 0.6) is 0 Å². The van der Waals surface area contributed by atoms with Crippen LogP contribution in [0.3, 0.4) is 0 Å². The number of imidazole rings is 1. The number of hydrogen-bond acceptors (Lipinski definition) is 6. The summed E-state index contributed by atoms with van der Waals surface area (Å²) in [5.74, 6) is 0.149. The SMILES string of the molecule is CCC1CNc2cccc3cc(-c4nc5cc(C(=O)N6C[C@H]7CC[C@@H]6[C@@H]7NC(=O)OC(C)(C)C)cnn5c4C)n1c23. The minimum Gasteiger partial charge on any atom is -0.444 e. The first kappa shape index (κ1) is 25.9. The van der Waals surface area contributed by atoms with Crippen molar-refractivity contribution in [2.45, 2.75) is 77.6 Å². The second-order valence-electron chi connectivity index (χ2n) is 12.7. The number of benzene rings is 1. The summed E-state index contributed by atoms with van der Waals surface area (Å²) in [5, 5.41) is 12.5. The molecule has 1 unspecified atom stereocenters. The van der Waals surface area contributed by atoms with Crippen molar-refractivity contribution in [3.8, 4) is 11.4 Å². The summed E-state index contributed by atoms with van der Waals surface area (Å²) in [6, 6.07) is 10.6. The van der Waals surface area contributed by atoms with E-state index in [-0.39, 0.29) is 23.9 Å². The Hall–Kier alpha value is -4.08. The Labute approximate surface area is 239 Å². The monoisotopic (exact) mass is 555 g/mol. The maximum atomic E-state index is 13.7. The minimum atomic E-state index is -0.568. The van der Waals surface area contributed by atoms with Crippen LogP contribution in [0.25, 0.3) is 27.9 Å². The summed E-state index contributed by atoms with van der Waals surface area (Å²) >= 11 is 0. The molecule has 2 N–H and O–H groups in total. The van der Waals surface area contributed by atoms with Crippen molar-refractivity contribution in [2.75, 3.05) is 18.4 Å². The zero-order valence-electron chi connectivity index (χ0n) is 24.3. The predicted octanol–water partition coefficient (Wildman–Crippen LogP) is 5.16. The Morgan fingerprint density at radius 3 is 2.80 bits per heavy atom. The number of para-hydroxylation sites is 1. The molecule has 1 aromatic carbocycles. The van der Waals surface area contributed by atoms with E-state index in [1.54, 1.807) is 6.20 Å². The highest BCUT2D eigenvalue weighted by Gasteiger charge is 2.50. The van der Waals surface area contributed by atoms with Gasteiger partial charge >= 0.3 is 6.09 Å². The van der Waals surface area contributed by atoms with Crippen molar-refractivity contribution in [3.63, 3.8) is 0 Å². The van der Waals surface area contributed by atoms with Gasteiger partial charge in [0.15, 0.2) is 5.65 Å². The highest BCUT2D eigenvalue weighted by Crippen LogP contribution is 2.41. The largest absolute Gasteiger partial charge is 0.444 e. The molecular formula is C31H37N7O3. The van der Waals surface area contributed by atoms with E-state index < -0.39 is 11.7 Å². The summed E-state index contributed by atoms with van der Waals surface area (Å²) < 4.78 is 9.72. The Morgan fingerprint density at radius 1 is 1.20 bits per heavy atom. The fourth-order valence-corrected chi connectivity index (χ4v) is 7.10. The van der Waals surface area contributed by atoms with Gasteiger partial charge < -0.3 is 24.8 Å². The number of aromatic nitrogens is 4. The number of amides is 2. The van der Waals surface area contributed by atoms with E-state index in [4.69, 9.17) is 9.72 Å². The van der Waals surface area contributed by atoms with E-state index >= 15 is 0 Å². The lowest BCUT2D eigenvalue weighted by molar-refractivity contribution is 0.0485. The Bertz CT molecular complexity index is 1700. The van der Waals surface area contributed by atoms with E-state index in [1.165, 1.54) is 10.9 Å². The summed E-state index contributed by atoms with van der Waals surface area (Å²) in [5.41, 5.74) is 5.84. The lowest BCUT2D eigenvalue weighted by atomic mass is 10.1. The maximum absolute atomic E-state index is 13.7. The zero-order valence-corrected chi connectivity index (χ0v) is 24.3. The lowest BCUT2D eigenvalue weighted by Gasteiger charge is -2.28. The zero-order chi connectivity index (χ0) is 28.6. The smallest absolute Gasteiger partial charge is 0.407 e. The molecule has 5 heterocycles. The number of hydrogen-bond donors (Lipinski definition) is 2. The van der Waals surface area contributed by atoms with Gasteiger partial charge in [0.1, 0.15) is 11.3 Å². The first-order chi connectivity index (χ1) is 19.6. The normalized spacial score (nSPS) is 23.3. The fraction of sp³-hybridized carbons (Fsp3) is 0.484. The molecule has 7 rings (SSSR count). The average molecular weight is 556 g/mol. The number of piperidine rings is 1. The molecule has 214 valence electrons. The third-order valence-corrected chi connectivity index (χ3v) is 8.95. The topological polar surface area (TPSA) is 106 Å². The van der Waals surface area contributed by atoms with Crippen molar-refractivity contribution in [3.05, 3.63) is 47.8 Å². The number of anilines is 1. The van der Waals surface area contributed by atoms with Gasteiger partial charge in [-0.05, 0) is 71.1 Å². The summed E-state index contributed by atoms with van der Waals surface area (Å²) in [7, 11) is 0. The molecule has 2 aliphatic heterocycles. The maximum Gasteiger partial charge on any atom is 0.407 e. The second-order valence-corrected chi connectivity index (χ2v) is 12.7. The number of nitrogens with one attached hydrogen (secondary N) is 2. The van der Waals surface area contributed by atoms with Gasteiger partial charge in [-0.1, -0.05) is 19.1 Å². The molecule has 2 bridgehead atoms. The van der Waals surface area contributed by atoms with Gasteiger partial charge in [0, 0.05) is 18.5 Å². The molecule has 3 aromatic heterocycles. The van der Waals surface area contributed by atoms with Gasteiger partial charge in [-0.2, -0.15) is 5.10 Å². The highest BCUT2D eigenvalue weighted by atomic mass is 16.6. The Morgan fingerprint density at radius 2 is 2.02 bits per heavy atom. The molecular weight excluding hydrogens is 518 g/mol. The molecule has 2 fully saturated rings. The van der Waals surface area contributed by atoms with Crippen molar-refractivity contribution in [1.82, 2.24) is 29.4 Å². The number of carbonyl (C=O) groups excluding carboxylic acids is 2. The molecule has 10 nitrogen and oxygen atoms in total. The van der Waals surface area contributed by atoms with E-state index in [9.17, 15) is 9.59 Å². The molecule has 1 aliphatic carbocycles. The van der Waals surface area contributed by atoms with Crippen LogP contribution in [-0.4, -0.2) is 66.8 Å². The second kappa shape index (κ2) is 9.22. The van der Waals surface area contributed by atoms with Crippen LogP contribution in [0, 0.1) is 12.8 Å². The summed E-state index contributed by atoms with van der Waals surface area (Å²) in [6.07, 6.45) is 4.06. The van der Waals surface area contributed by atoms with Crippen LogP contribution in [0.2, 0.25) is 0 Å². The third kappa shape index (κ3) is 4.14. The van der Waals surface area contributed by atoms with E-state index in [2.05, 4.69) is 51.5 Å². The minimum absolute atomic E-state index is 0.0525. The van der Waals surface area contributed by atoms with Gasteiger partial charge in [-0.25, -0.2) is 14.3 Å². The molecule has 3 aliphatic rings. The highest BCUT2D eigenvalue weighted by molar-refractivity contribution is 5.97. The van der Waals surface area contributed by atoms with E-state index in [0.717, 1.165) is 48.6 Å². The fourth-order valence-electron chi connectivity index (χ4n) is 7.10. The number of nitrogens with zero attached hydrogens (tertiary/aromatic N) is 5. The third-order valence-electron chi connectivity index (χ3n) is 8.95. The molecule has 41 heavy (non-hydrogen) atoms. The Kier molecular flexibility index (Phi) is 5.82. The van der Waals surface area contributed by atoms with Gasteiger partial charge in [0.05, 0.1) is 52.5 Å². The Balaban J connectivity index is 1.19. The van der Waals surface area contributed by atoms with Crippen molar-refractivity contribution < 1.29 is 14.3 Å². The number of rotatable bonds is 4. The molecule has 10 heteroatoms. The van der Waals surface area contributed by atoms with Crippen LogP contribution in [-0.2, 0) is 4.74 Å². The number of likely N-dealkylation sites (tertiary alicyclic amines) is 1. The van der Waals surface area contributed by atoms with E-state index in [0.29, 0.717) is 23.8 Å². The number of aryl methyl sites for hydroxylation is 1. The molecule has 2 amide bonds. The van der Waals surface area contributed by atoms with Crippen LogP contribution >= 0.6 is 0 Å². The number of ether oxygens (including phenoxy) is 1. The molecule has 1 saturated carbocycles. The number of fused-ring (bicyclic) bond motifs is 3. The van der Waals surface area contributed by atoms with Crippen molar-refractivity contribution >= 4 is 34.2 Å². The lowest BCUT2D eigenvalue weighted by Crippen LogP contribution is -2.46. The molecule has 1 saturated heterocycles. The van der Waals surface area contributed by atoms with Gasteiger partial charge in [-0.3, -0.25) is 4.79 Å². The van der Waals surface area contributed by atoms with Crippen molar-refractivity contribution in [2.24, 2.45) is 5.92 Å². The van der Waals surface area contributed by atoms with Crippen LogP contribution < -0.4 is 10.6 Å². The standard InChI is InChI=1S/C31H37N7O3/c1-6-21-15-32-22-9-7-8-18-12-24(37(21)28(18)22)26-17(2)38-25(34-26)13-20(14-33-38)29(39)36-16-19-10-11-23(36)27(19)35-30(40)41-31(3,4)5/h7-9,12-14,19,21,23,27,32H,6,10-11,15-16H2,1-5H3,(H,35,40)/t19-,21?,23-,27-/m1/s1. The molecule has 4 atom stereocenters.